The fraction of sp³-hybridized carbons (Fsp3) is 0.286. The van der Waals surface area contributed by atoms with Gasteiger partial charge in [-0.2, -0.15) is 0 Å². The minimum Gasteiger partial charge on any atom is -0.471 e. The van der Waals surface area contributed by atoms with E-state index in [0.717, 1.165) is 25.3 Å². The van der Waals surface area contributed by atoms with Gasteiger partial charge >= 0.3 is 11.9 Å². The fourth-order valence-corrected chi connectivity index (χ4v) is 6.62. The summed E-state index contributed by atoms with van der Waals surface area (Å²) < 4.78 is 22.7. The zero-order valence-electron chi connectivity index (χ0n) is 20.8. The number of esters is 2. The van der Waals surface area contributed by atoms with Gasteiger partial charge in [0.15, 0.2) is 0 Å². The third-order valence-corrected chi connectivity index (χ3v) is 8.74. The molecular weight excluding hydrogens is 624 g/mol. The van der Waals surface area contributed by atoms with Crippen LogP contribution in [0.5, 0.6) is 0 Å². The van der Waals surface area contributed by atoms with Gasteiger partial charge in [-0.1, -0.05) is 59.7 Å². The van der Waals surface area contributed by atoms with Gasteiger partial charge in [0.05, 0.1) is 14.2 Å². The minimum absolute atomic E-state index is 0.00857. The SMILES string of the molecule is COC(=O)C1C(C(=O)OC)C2(OC(c3ccc(C)cc3)=C(Br)C2=O)C12OC(c1ccc(C)cc1)=C(Br)C2=O. The average Bonchev–Trinajstić information content (AvgIpc) is 3.35. The second-order valence-corrected chi connectivity index (χ2v) is 10.9. The van der Waals surface area contributed by atoms with Crippen molar-refractivity contribution in [3.63, 3.8) is 0 Å². The number of fused-ring (bicyclic) bond motifs is 1. The molecule has 4 unspecified atom stereocenters. The van der Waals surface area contributed by atoms with Gasteiger partial charge < -0.3 is 18.9 Å². The quantitative estimate of drug-likeness (QED) is 0.451. The van der Waals surface area contributed by atoms with Crippen molar-refractivity contribution in [2.24, 2.45) is 11.8 Å². The van der Waals surface area contributed by atoms with Crippen LogP contribution in [-0.2, 0) is 38.1 Å². The third-order valence-electron chi connectivity index (χ3n) is 7.30. The summed E-state index contributed by atoms with van der Waals surface area (Å²) >= 11 is 6.65. The van der Waals surface area contributed by atoms with Crippen LogP contribution in [0.25, 0.3) is 11.5 Å². The molecule has 5 rings (SSSR count). The summed E-state index contributed by atoms with van der Waals surface area (Å²) in [6.45, 7) is 3.82. The lowest BCUT2D eigenvalue weighted by Gasteiger charge is -2.58. The Balaban J connectivity index is 1.71. The number of hydrogen-bond donors (Lipinski definition) is 0. The van der Waals surface area contributed by atoms with Crippen molar-refractivity contribution in [1.82, 2.24) is 0 Å². The van der Waals surface area contributed by atoms with E-state index < -0.39 is 46.5 Å². The van der Waals surface area contributed by atoms with Crippen molar-refractivity contribution in [1.29, 1.82) is 0 Å². The van der Waals surface area contributed by atoms with Gasteiger partial charge in [-0.25, -0.2) is 0 Å². The Kier molecular flexibility index (Phi) is 6.38. The standard InChI is InChI=1S/C28H22Br2O8/c1-13-5-9-15(10-6-13)21-19(29)23(31)27(37-21)17(25(33)35-3)18(26(34)36-4)28(27)24(32)20(30)22(38-28)16-11-7-14(2)8-12-16/h5-12,17-18H,1-4H3. The Labute approximate surface area is 235 Å². The number of carbonyl (C=O) groups excluding carboxylic acids is 4. The van der Waals surface area contributed by atoms with Crippen LogP contribution in [0.1, 0.15) is 22.3 Å². The van der Waals surface area contributed by atoms with Crippen molar-refractivity contribution >= 4 is 66.9 Å². The first-order chi connectivity index (χ1) is 18.0. The lowest BCUT2D eigenvalue weighted by molar-refractivity contribution is -0.260. The molecule has 4 atom stereocenters. The molecule has 2 spiro atoms. The number of ether oxygens (including phenoxy) is 4. The molecule has 196 valence electrons. The lowest BCUT2D eigenvalue weighted by atomic mass is 9.47. The summed E-state index contributed by atoms with van der Waals surface area (Å²) in [5.74, 6) is -6.09. The number of methoxy groups -OCH3 is 2. The Bertz CT molecular complexity index is 1350. The summed E-state index contributed by atoms with van der Waals surface area (Å²) in [6, 6.07) is 14.3. The molecule has 0 bridgehead atoms. The molecule has 0 saturated heterocycles. The number of Topliss-reactive ketones (excluding diaryl/α,β-unsaturated/α-hetero) is 2. The van der Waals surface area contributed by atoms with Gasteiger partial charge in [-0.15, -0.1) is 0 Å². The average molecular weight is 646 g/mol. The Morgan fingerprint density at radius 3 is 1.29 bits per heavy atom. The molecule has 10 heteroatoms. The van der Waals surface area contributed by atoms with Crippen molar-refractivity contribution in [2.75, 3.05) is 14.2 Å². The highest BCUT2D eigenvalue weighted by Gasteiger charge is 2.90. The van der Waals surface area contributed by atoms with Crippen LogP contribution in [-0.4, -0.2) is 48.9 Å². The third kappa shape index (κ3) is 3.32. The highest BCUT2D eigenvalue weighted by Crippen LogP contribution is 2.67. The van der Waals surface area contributed by atoms with E-state index in [4.69, 9.17) is 18.9 Å². The zero-order valence-corrected chi connectivity index (χ0v) is 24.0. The van der Waals surface area contributed by atoms with Gasteiger partial charge in [-0.05, 0) is 45.7 Å². The molecule has 2 aliphatic heterocycles. The number of benzene rings is 2. The minimum atomic E-state index is -2.24. The molecule has 2 heterocycles. The van der Waals surface area contributed by atoms with Crippen molar-refractivity contribution < 1.29 is 38.1 Å². The van der Waals surface area contributed by atoms with Gasteiger partial charge in [0.2, 0.25) is 22.8 Å². The normalized spacial score (nSPS) is 27.9. The number of rotatable bonds is 4. The molecule has 2 aromatic rings. The first-order valence-corrected chi connectivity index (χ1v) is 13.2. The summed E-state index contributed by atoms with van der Waals surface area (Å²) in [6.07, 6.45) is 0. The van der Waals surface area contributed by atoms with Crippen molar-refractivity contribution in [3.05, 3.63) is 79.7 Å². The molecule has 8 nitrogen and oxygen atoms in total. The van der Waals surface area contributed by atoms with E-state index in [2.05, 4.69) is 31.9 Å². The monoisotopic (exact) mass is 644 g/mol. The summed E-state index contributed by atoms with van der Waals surface area (Å²) in [7, 11) is 2.25. The van der Waals surface area contributed by atoms with Crippen molar-refractivity contribution in [2.45, 2.75) is 25.0 Å². The summed E-state index contributed by atoms with van der Waals surface area (Å²) in [5.41, 5.74) is -1.45. The Hall–Kier alpha value is -3.24. The highest BCUT2D eigenvalue weighted by atomic mass is 79.9. The largest absolute Gasteiger partial charge is 0.471 e. The van der Waals surface area contributed by atoms with E-state index in [1.165, 1.54) is 0 Å². The van der Waals surface area contributed by atoms with Crippen LogP contribution in [0.2, 0.25) is 0 Å². The number of aryl methyl sites for hydroxylation is 2. The van der Waals surface area contributed by atoms with E-state index in [0.29, 0.717) is 11.1 Å². The van der Waals surface area contributed by atoms with E-state index in [9.17, 15) is 19.2 Å². The molecule has 1 aliphatic carbocycles. The molecule has 0 N–H and O–H groups in total. The number of hydrogen-bond acceptors (Lipinski definition) is 8. The molecule has 0 aromatic heterocycles. The van der Waals surface area contributed by atoms with Gasteiger partial charge in [0, 0.05) is 11.1 Å². The fourth-order valence-electron chi connectivity index (χ4n) is 5.41. The van der Waals surface area contributed by atoms with E-state index in [1.54, 1.807) is 24.3 Å². The Morgan fingerprint density at radius 2 is 1.00 bits per heavy atom. The van der Waals surface area contributed by atoms with Crippen molar-refractivity contribution in [3.8, 4) is 0 Å². The smallest absolute Gasteiger partial charge is 0.314 e. The maximum Gasteiger partial charge on any atom is 0.314 e. The molecule has 0 amide bonds. The zero-order chi connectivity index (χ0) is 27.6. The highest BCUT2D eigenvalue weighted by molar-refractivity contribution is 9.12. The number of halogens is 2. The predicted molar refractivity (Wildman–Crippen MR) is 143 cm³/mol. The topological polar surface area (TPSA) is 105 Å². The molecule has 3 aliphatic rings. The molecule has 0 radical (unpaired) electrons. The lowest BCUT2D eigenvalue weighted by Crippen LogP contribution is -2.84. The van der Waals surface area contributed by atoms with E-state index in [1.807, 2.05) is 38.1 Å². The second kappa shape index (κ2) is 9.20. The van der Waals surface area contributed by atoms with E-state index in [-0.39, 0.29) is 20.5 Å². The summed E-state index contributed by atoms with van der Waals surface area (Å²) in [5, 5.41) is 0. The summed E-state index contributed by atoms with van der Waals surface area (Å²) in [4.78, 5) is 54.5. The van der Waals surface area contributed by atoms with Crippen LogP contribution in [0.3, 0.4) is 0 Å². The molecule has 1 fully saturated rings. The van der Waals surface area contributed by atoms with Crippen LogP contribution in [0.4, 0.5) is 0 Å². The van der Waals surface area contributed by atoms with Gasteiger partial charge in [0.1, 0.15) is 32.3 Å². The number of ketones is 2. The maximum atomic E-state index is 14.1. The van der Waals surface area contributed by atoms with Crippen LogP contribution >= 0.6 is 31.9 Å². The maximum absolute atomic E-state index is 14.1. The molecule has 2 aromatic carbocycles. The predicted octanol–water partition coefficient (Wildman–Crippen LogP) is 4.40. The Morgan fingerprint density at radius 1 is 0.684 bits per heavy atom. The van der Waals surface area contributed by atoms with E-state index >= 15 is 0 Å². The van der Waals surface area contributed by atoms with Crippen LogP contribution < -0.4 is 0 Å². The van der Waals surface area contributed by atoms with Crippen LogP contribution in [0.15, 0.2) is 57.5 Å². The first kappa shape index (κ1) is 26.4. The first-order valence-electron chi connectivity index (χ1n) is 11.6. The van der Waals surface area contributed by atoms with Gasteiger partial charge in [-0.3, -0.25) is 19.2 Å². The second-order valence-electron chi connectivity index (χ2n) is 9.35. The number of carbonyl (C=O) groups is 4. The van der Waals surface area contributed by atoms with Gasteiger partial charge in [0.25, 0.3) is 0 Å². The van der Waals surface area contributed by atoms with Crippen LogP contribution in [0, 0.1) is 25.7 Å². The molecular formula is C28H22Br2O8. The molecule has 1 saturated carbocycles. The molecule has 38 heavy (non-hydrogen) atoms.